The Morgan fingerprint density at radius 2 is 1.79 bits per heavy atom. The molecular weight excluding hydrogens is 415 g/mol. The molecule has 0 fully saturated rings. The first-order chi connectivity index (χ1) is 13.4. The molecule has 0 aliphatic heterocycles. The van der Waals surface area contributed by atoms with Crippen LogP contribution in [-0.2, 0) is 21.9 Å². The Balaban J connectivity index is 1.99. The maximum Gasteiger partial charge on any atom is 0.242 e. The van der Waals surface area contributed by atoms with Gasteiger partial charge in [-0.3, -0.25) is 9.59 Å². The second kappa shape index (κ2) is 11.3. The molecule has 1 N–H and O–H groups in total. The molecule has 150 valence electrons. The van der Waals surface area contributed by atoms with Crippen LogP contribution in [0.3, 0.4) is 0 Å². The Hall–Kier alpha value is -1.69. The molecule has 0 heterocycles. The zero-order chi connectivity index (χ0) is 20.5. The number of hydrogen-bond acceptors (Lipinski definition) is 3. The van der Waals surface area contributed by atoms with Crippen LogP contribution >= 0.6 is 35.0 Å². The molecule has 0 spiro atoms. The summed E-state index contributed by atoms with van der Waals surface area (Å²) < 4.78 is 0. The van der Waals surface area contributed by atoms with Gasteiger partial charge in [0.2, 0.25) is 11.8 Å². The summed E-state index contributed by atoms with van der Waals surface area (Å²) in [6.07, 6.45) is 0.361. The van der Waals surface area contributed by atoms with Crippen molar-refractivity contribution in [1.82, 2.24) is 10.2 Å². The number of carbonyl (C=O) groups excluding carboxylic acids is 2. The molecule has 2 amide bonds. The van der Waals surface area contributed by atoms with Gasteiger partial charge in [-0.25, -0.2) is 0 Å². The van der Waals surface area contributed by atoms with Gasteiger partial charge in [0.05, 0.1) is 10.0 Å². The van der Waals surface area contributed by atoms with Crippen molar-refractivity contribution in [3.8, 4) is 0 Å². The predicted octanol–water partition coefficient (Wildman–Crippen LogP) is 4.78. The van der Waals surface area contributed by atoms with E-state index in [4.69, 9.17) is 23.2 Å². The molecule has 0 aromatic heterocycles. The fourth-order valence-corrected chi connectivity index (χ4v) is 3.91. The average Bonchev–Trinajstić information content (AvgIpc) is 2.71. The van der Waals surface area contributed by atoms with E-state index in [2.05, 4.69) is 17.4 Å². The van der Waals surface area contributed by atoms with Crippen molar-refractivity contribution in [2.75, 3.05) is 12.8 Å². The number of rotatable bonds is 9. The molecule has 0 bridgehead atoms. The summed E-state index contributed by atoms with van der Waals surface area (Å²) in [5, 5.41) is 3.50. The topological polar surface area (TPSA) is 49.4 Å². The zero-order valence-electron chi connectivity index (χ0n) is 16.0. The van der Waals surface area contributed by atoms with Crippen LogP contribution in [0.25, 0.3) is 0 Å². The van der Waals surface area contributed by atoms with E-state index in [9.17, 15) is 9.59 Å². The molecule has 1 atom stereocenters. The number of halogens is 2. The number of benzene rings is 2. The van der Waals surface area contributed by atoms with E-state index >= 15 is 0 Å². The maximum atomic E-state index is 12.8. The second-order valence-electron chi connectivity index (χ2n) is 6.35. The molecule has 28 heavy (non-hydrogen) atoms. The lowest BCUT2D eigenvalue weighted by Crippen LogP contribution is -2.46. The van der Waals surface area contributed by atoms with E-state index in [1.165, 1.54) is 5.56 Å². The maximum absolute atomic E-state index is 12.8. The smallest absolute Gasteiger partial charge is 0.242 e. The van der Waals surface area contributed by atoms with Crippen LogP contribution in [0.5, 0.6) is 0 Å². The van der Waals surface area contributed by atoms with E-state index in [0.29, 0.717) is 28.8 Å². The lowest BCUT2D eigenvalue weighted by molar-refractivity contribution is -0.140. The van der Waals surface area contributed by atoms with Gasteiger partial charge in [0.15, 0.2) is 0 Å². The lowest BCUT2D eigenvalue weighted by atomic mass is 10.1. The van der Waals surface area contributed by atoms with Crippen molar-refractivity contribution in [3.05, 3.63) is 69.7 Å². The summed E-state index contributed by atoms with van der Waals surface area (Å²) in [4.78, 5) is 26.6. The molecule has 7 heteroatoms. The lowest BCUT2D eigenvalue weighted by Gasteiger charge is -2.28. The molecule has 0 radical (unpaired) electrons. The highest BCUT2D eigenvalue weighted by atomic mass is 35.5. The molecule has 0 saturated heterocycles. The minimum atomic E-state index is -0.578. The normalized spacial score (nSPS) is 11.7. The molecule has 2 aromatic rings. The van der Waals surface area contributed by atoms with E-state index < -0.39 is 6.04 Å². The highest BCUT2D eigenvalue weighted by Crippen LogP contribution is 2.24. The van der Waals surface area contributed by atoms with Crippen LogP contribution in [0.15, 0.2) is 48.5 Å². The zero-order valence-corrected chi connectivity index (χ0v) is 18.3. The molecular formula is C21H24Cl2N2O2S. The SMILES string of the molecule is CNC(=O)C(C)N(Cc1ccc(Cl)c(Cl)c1)C(=O)CCSCc1ccccc1. The van der Waals surface area contributed by atoms with E-state index in [0.717, 1.165) is 11.3 Å². The Bertz CT molecular complexity index is 802. The summed E-state index contributed by atoms with van der Waals surface area (Å²) in [7, 11) is 1.57. The van der Waals surface area contributed by atoms with Gasteiger partial charge < -0.3 is 10.2 Å². The molecule has 0 aliphatic carbocycles. The van der Waals surface area contributed by atoms with Gasteiger partial charge >= 0.3 is 0 Å². The van der Waals surface area contributed by atoms with Crippen molar-refractivity contribution in [1.29, 1.82) is 0 Å². The molecule has 4 nitrogen and oxygen atoms in total. The van der Waals surface area contributed by atoms with Gasteiger partial charge in [0.1, 0.15) is 6.04 Å². The van der Waals surface area contributed by atoms with Gasteiger partial charge in [-0.1, -0.05) is 59.6 Å². The number of nitrogens with zero attached hydrogens (tertiary/aromatic N) is 1. The minimum Gasteiger partial charge on any atom is -0.357 e. The van der Waals surface area contributed by atoms with Gasteiger partial charge in [0, 0.05) is 31.5 Å². The number of thioether (sulfide) groups is 1. The van der Waals surface area contributed by atoms with Crippen LogP contribution in [0, 0.1) is 0 Å². The fourth-order valence-electron chi connectivity index (χ4n) is 2.69. The summed E-state index contributed by atoms with van der Waals surface area (Å²) >= 11 is 13.8. The van der Waals surface area contributed by atoms with Crippen molar-refractivity contribution < 1.29 is 9.59 Å². The predicted molar refractivity (Wildman–Crippen MR) is 118 cm³/mol. The Labute approximate surface area is 180 Å². The first kappa shape index (κ1) is 22.6. The van der Waals surface area contributed by atoms with Crippen molar-refractivity contribution in [2.45, 2.75) is 31.7 Å². The summed E-state index contributed by atoms with van der Waals surface area (Å²) in [5.41, 5.74) is 2.06. The largest absolute Gasteiger partial charge is 0.357 e. The minimum absolute atomic E-state index is 0.0669. The van der Waals surface area contributed by atoms with E-state index in [1.807, 2.05) is 24.3 Å². The molecule has 2 rings (SSSR count). The third-order valence-corrected chi connectivity index (χ3v) is 6.09. The van der Waals surface area contributed by atoms with Crippen LogP contribution in [0.1, 0.15) is 24.5 Å². The van der Waals surface area contributed by atoms with Crippen molar-refractivity contribution in [2.24, 2.45) is 0 Å². The first-order valence-electron chi connectivity index (χ1n) is 8.99. The van der Waals surface area contributed by atoms with Gasteiger partial charge in [0.25, 0.3) is 0 Å². The van der Waals surface area contributed by atoms with E-state index in [-0.39, 0.29) is 11.8 Å². The van der Waals surface area contributed by atoms with Crippen molar-refractivity contribution >= 4 is 46.8 Å². The van der Waals surface area contributed by atoms with Gasteiger partial charge in [-0.15, -0.1) is 0 Å². The molecule has 0 saturated carbocycles. The summed E-state index contributed by atoms with van der Waals surface area (Å²) in [6, 6.07) is 14.8. The summed E-state index contributed by atoms with van der Waals surface area (Å²) in [5.74, 6) is 1.27. The standard InChI is InChI=1S/C21H24Cl2N2O2S/c1-15(21(27)24-2)25(13-17-8-9-18(22)19(23)12-17)20(26)10-11-28-14-16-6-4-3-5-7-16/h3-9,12,15H,10-11,13-14H2,1-2H3,(H,24,27). The molecule has 2 aromatic carbocycles. The van der Waals surface area contributed by atoms with Crippen LogP contribution in [-0.4, -0.2) is 35.6 Å². The Kier molecular flexibility index (Phi) is 9.16. The van der Waals surface area contributed by atoms with Crippen LogP contribution in [0.4, 0.5) is 0 Å². The second-order valence-corrected chi connectivity index (χ2v) is 8.27. The monoisotopic (exact) mass is 438 g/mol. The Morgan fingerprint density at radius 3 is 2.43 bits per heavy atom. The van der Waals surface area contributed by atoms with Crippen LogP contribution in [0.2, 0.25) is 10.0 Å². The number of nitrogens with one attached hydrogen (secondary N) is 1. The summed E-state index contributed by atoms with van der Waals surface area (Å²) in [6.45, 7) is 2.03. The highest BCUT2D eigenvalue weighted by molar-refractivity contribution is 7.98. The number of likely N-dealkylation sites (N-methyl/N-ethyl adjacent to an activating group) is 1. The fraction of sp³-hybridized carbons (Fsp3) is 0.333. The van der Waals surface area contributed by atoms with E-state index in [1.54, 1.807) is 42.8 Å². The van der Waals surface area contributed by atoms with Gasteiger partial charge in [-0.2, -0.15) is 11.8 Å². The highest BCUT2D eigenvalue weighted by Gasteiger charge is 2.25. The number of carbonyl (C=O) groups is 2. The Morgan fingerprint density at radius 1 is 1.07 bits per heavy atom. The number of hydrogen-bond donors (Lipinski definition) is 1. The molecule has 1 unspecified atom stereocenters. The number of amides is 2. The molecule has 0 aliphatic rings. The first-order valence-corrected chi connectivity index (χ1v) is 10.9. The van der Waals surface area contributed by atoms with Crippen LogP contribution < -0.4 is 5.32 Å². The third-order valence-electron chi connectivity index (χ3n) is 4.32. The third kappa shape index (κ3) is 6.73. The van der Waals surface area contributed by atoms with Gasteiger partial charge in [-0.05, 0) is 30.2 Å². The average molecular weight is 439 g/mol. The quantitative estimate of drug-likeness (QED) is 0.572. The van der Waals surface area contributed by atoms with Crippen molar-refractivity contribution in [3.63, 3.8) is 0 Å².